The van der Waals surface area contributed by atoms with Crippen LogP contribution < -0.4 is 5.32 Å². The summed E-state index contributed by atoms with van der Waals surface area (Å²) in [4.78, 5) is 39.3. The van der Waals surface area contributed by atoms with E-state index in [0.29, 0.717) is 0 Å². The van der Waals surface area contributed by atoms with Crippen molar-refractivity contribution < 1.29 is 32.3 Å². The number of nitrogens with zero attached hydrogens (tertiary/aromatic N) is 1. The van der Waals surface area contributed by atoms with Crippen LogP contribution in [-0.4, -0.2) is 48.1 Å². The molecule has 0 aromatic heterocycles. The first-order valence-electron chi connectivity index (χ1n) is 9.73. The summed E-state index contributed by atoms with van der Waals surface area (Å²) in [7, 11) is 0.917. The predicted octanol–water partition coefficient (Wildman–Crippen LogP) is 3.25. The largest absolute Gasteiger partial charge is 0.466 e. The zero-order valence-corrected chi connectivity index (χ0v) is 17.4. The van der Waals surface area contributed by atoms with E-state index in [2.05, 4.69) is 4.74 Å². The van der Waals surface area contributed by atoms with Crippen LogP contribution in [0.5, 0.6) is 0 Å². The quantitative estimate of drug-likeness (QED) is 0.692. The Morgan fingerprint density at radius 2 is 1.59 bits per heavy atom. The molecule has 0 saturated heterocycles. The van der Waals surface area contributed by atoms with Crippen LogP contribution in [-0.2, 0) is 20.7 Å². The van der Waals surface area contributed by atoms with Gasteiger partial charge in [-0.1, -0.05) is 48.5 Å². The standard InChI is InChI=1S/C23H21F3N2O4/c1-15-18(20(30)32-2)22(23(24,25)26,27-19(29)17-11-7-4-8-12-17)21(31)28(15)14-13-16-9-5-3-6-10-16/h3-12H,13-14H2,1-2H3,(H,27,29)/t22-/m0/s1. The molecule has 0 aliphatic carbocycles. The molecule has 1 heterocycles. The molecule has 0 bridgehead atoms. The SMILES string of the molecule is COC(=O)C1=C(C)N(CCc2ccccc2)C(=O)[C@]1(NC(=O)c1ccccc1)C(F)(F)F. The topological polar surface area (TPSA) is 75.7 Å². The van der Waals surface area contributed by atoms with Crippen LogP contribution in [0.25, 0.3) is 0 Å². The summed E-state index contributed by atoms with van der Waals surface area (Å²) < 4.78 is 48.1. The molecule has 6 nitrogen and oxygen atoms in total. The minimum atomic E-state index is -5.30. The number of benzene rings is 2. The number of alkyl halides is 3. The summed E-state index contributed by atoms with van der Waals surface area (Å²) >= 11 is 0. The maximum Gasteiger partial charge on any atom is 0.425 e. The number of halogens is 3. The Balaban J connectivity index is 2.06. The van der Waals surface area contributed by atoms with E-state index in [0.717, 1.165) is 17.6 Å². The zero-order valence-electron chi connectivity index (χ0n) is 17.4. The van der Waals surface area contributed by atoms with Gasteiger partial charge >= 0.3 is 12.1 Å². The van der Waals surface area contributed by atoms with Gasteiger partial charge in [0, 0.05) is 17.8 Å². The van der Waals surface area contributed by atoms with Gasteiger partial charge in [0.15, 0.2) is 0 Å². The summed E-state index contributed by atoms with van der Waals surface area (Å²) in [5.74, 6) is -3.94. The highest BCUT2D eigenvalue weighted by atomic mass is 19.4. The van der Waals surface area contributed by atoms with E-state index in [1.165, 1.54) is 31.2 Å². The van der Waals surface area contributed by atoms with Gasteiger partial charge in [0.05, 0.1) is 7.11 Å². The summed E-state index contributed by atoms with van der Waals surface area (Å²) in [6.45, 7) is 1.12. The van der Waals surface area contributed by atoms with Gasteiger partial charge in [0.25, 0.3) is 17.4 Å². The van der Waals surface area contributed by atoms with E-state index in [1.54, 1.807) is 36.4 Å². The van der Waals surface area contributed by atoms with Crippen molar-refractivity contribution in [2.75, 3.05) is 13.7 Å². The molecule has 2 aromatic rings. The van der Waals surface area contributed by atoms with Gasteiger partial charge in [-0.2, -0.15) is 13.2 Å². The van der Waals surface area contributed by atoms with Crippen LogP contribution in [0.4, 0.5) is 13.2 Å². The molecule has 32 heavy (non-hydrogen) atoms. The molecular weight excluding hydrogens is 425 g/mol. The molecule has 0 unspecified atom stereocenters. The number of esters is 1. The van der Waals surface area contributed by atoms with Gasteiger partial charge in [0.2, 0.25) is 0 Å². The first-order chi connectivity index (χ1) is 15.1. The summed E-state index contributed by atoms with van der Waals surface area (Å²) in [5.41, 5.74) is -4.02. The minimum Gasteiger partial charge on any atom is -0.466 e. The molecule has 1 aliphatic heterocycles. The summed E-state index contributed by atoms with van der Waals surface area (Å²) in [6, 6.07) is 16.0. The lowest BCUT2D eigenvalue weighted by Gasteiger charge is -2.33. The van der Waals surface area contributed by atoms with Gasteiger partial charge in [0.1, 0.15) is 5.57 Å². The molecule has 0 spiro atoms. The van der Waals surface area contributed by atoms with Crippen molar-refractivity contribution in [3.63, 3.8) is 0 Å². The van der Waals surface area contributed by atoms with Crippen molar-refractivity contribution in [2.45, 2.75) is 25.1 Å². The minimum absolute atomic E-state index is 0.0893. The highest BCUT2D eigenvalue weighted by Crippen LogP contribution is 2.45. The molecule has 1 atom stereocenters. The van der Waals surface area contributed by atoms with Crippen LogP contribution >= 0.6 is 0 Å². The second-order valence-electron chi connectivity index (χ2n) is 7.21. The Bertz CT molecular complexity index is 1050. The van der Waals surface area contributed by atoms with Crippen LogP contribution in [0.2, 0.25) is 0 Å². The Labute approximate surface area is 182 Å². The van der Waals surface area contributed by atoms with Crippen LogP contribution in [0.1, 0.15) is 22.8 Å². The number of hydrogen-bond acceptors (Lipinski definition) is 4. The number of nitrogens with one attached hydrogen (secondary N) is 1. The number of amides is 2. The molecule has 1 aliphatic rings. The predicted molar refractivity (Wildman–Crippen MR) is 109 cm³/mol. The summed E-state index contributed by atoms with van der Waals surface area (Å²) in [5, 5.41) is 1.81. The normalized spacial score (nSPS) is 18.7. The van der Waals surface area contributed by atoms with E-state index in [-0.39, 0.29) is 24.2 Å². The van der Waals surface area contributed by atoms with E-state index in [4.69, 9.17) is 0 Å². The van der Waals surface area contributed by atoms with Gasteiger partial charge in [-0.15, -0.1) is 0 Å². The number of carbonyl (C=O) groups is 3. The van der Waals surface area contributed by atoms with Crippen LogP contribution in [0.15, 0.2) is 71.9 Å². The fourth-order valence-corrected chi connectivity index (χ4v) is 3.71. The van der Waals surface area contributed by atoms with Crippen LogP contribution in [0.3, 0.4) is 0 Å². The second-order valence-corrected chi connectivity index (χ2v) is 7.21. The average Bonchev–Trinajstić information content (AvgIpc) is 2.99. The number of allylic oxidation sites excluding steroid dienone is 1. The average molecular weight is 446 g/mol. The molecular formula is C23H21F3N2O4. The molecule has 2 amide bonds. The number of hydrogen-bond donors (Lipinski definition) is 1. The van der Waals surface area contributed by atoms with Gasteiger partial charge < -0.3 is 15.0 Å². The number of carbonyl (C=O) groups excluding carboxylic acids is 3. The Hall–Kier alpha value is -3.62. The monoisotopic (exact) mass is 446 g/mol. The van der Waals surface area contributed by atoms with Crippen molar-refractivity contribution in [3.8, 4) is 0 Å². The van der Waals surface area contributed by atoms with Crippen LogP contribution in [0, 0.1) is 0 Å². The maximum absolute atomic E-state index is 14.5. The molecule has 1 N–H and O–H groups in total. The van der Waals surface area contributed by atoms with Crippen molar-refractivity contribution >= 4 is 17.8 Å². The second kappa shape index (κ2) is 8.86. The third-order valence-electron chi connectivity index (χ3n) is 5.33. The molecule has 3 rings (SSSR count). The Morgan fingerprint density at radius 3 is 2.12 bits per heavy atom. The molecule has 0 fully saturated rings. The van der Waals surface area contributed by atoms with Gasteiger partial charge in [-0.3, -0.25) is 9.59 Å². The maximum atomic E-state index is 14.5. The fourth-order valence-electron chi connectivity index (χ4n) is 3.71. The van der Waals surface area contributed by atoms with Crippen molar-refractivity contribution in [3.05, 3.63) is 83.1 Å². The third kappa shape index (κ3) is 3.98. The lowest BCUT2D eigenvalue weighted by molar-refractivity contribution is -0.192. The Morgan fingerprint density at radius 1 is 1.03 bits per heavy atom. The van der Waals surface area contributed by atoms with Crippen molar-refractivity contribution in [2.24, 2.45) is 0 Å². The highest BCUT2D eigenvalue weighted by Gasteiger charge is 2.70. The number of methoxy groups -OCH3 is 1. The first-order valence-corrected chi connectivity index (χ1v) is 9.73. The lowest BCUT2D eigenvalue weighted by atomic mass is 9.88. The van der Waals surface area contributed by atoms with Gasteiger partial charge in [-0.25, -0.2) is 4.79 Å². The molecule has 9 heteroatoms. The molecule has 0 saturated carbocycles. The van der Waals surface area contributed by atoms with E-state index in [9.17, 15) is 27.6 Å². The van der Waals surface area contributed by atoms with Crippen molar-refractivity contribution in [1.82, 2.24) is 10.2 Å². The highest BCUT2D eigenvalue weighted by molar-refractivity contribution is 6.11. The van der Waals surface area contributed by atoms with Crippen molar-refractivity contribution in [1.29, 1.82) is 0 Å². The summed E-state index contributed by atoms with van der Waals surface area (Å²) in [6.07, 6.45) is -5.06. The first kappa shape index (κ1) is 23.1. The van der Waals surface area contributed by atoms with E-state index in [1.807, 2.05) is 5.32 Å². The fraction of sp³-hybridized carbons (Fsp3) is 0.261. The number of ether oxygens (including phenoxy) is 1. The Kier molecular flexibility index (Phi) is 6.38. The molecule has 2 aromatic carbocycles. The zero-order chi connectivity index (χ0) is 23.5. The van der Waals surface area contributed by atoms with Gasteiger partial charge in [-0.05, 0) is 31.0 Å². The van der Waals surface area contributed by atoms with E-state index < -0.39 is 35.1 Å². The number of rotatable bonds is 6. The van der Waals surface area contributed by atoms with E-state index >= 15 is 0 Å². The third-order valence-corrected chi connectivity index (χ3v) is 5.33. The molecule has 168 valence electrons. The smallest absolute Gasteiger partial charge is 0.425 e. The molecule has 0 radical (unpaired) electrons. The lowest BCUT2D eigenvalue weighted by Crippen LogP contribution is -2.66.